The molecule has 2 fully saturated rings. The lowest BCUT2D eigenvalue weighted by Crippen LogP contribution is -2.73. The van der Waals surface area contributed by atoms with Gasteiger partial charge in [0.25, 0.3) is 0 Å². The molecular weight excluding hydrogens is 615 g/mol. The van der Waals surface area contributed by atoms with Crippen molar-refractivity contribution in [1.82, 2.24) is 14.9 Å². The quantitative estimate of drug-likeness (QED) is 0.274. The second-order valence-electron chi connectivity index (χ2n) is 12.1. The molecule has 2 saturated heterocycles. The van der Waals surface area contributed by atoms with Crippen molar-refractivity contribution in [3.8, 4) is 17.3 Å². The summed E-state index contributed by atoms with van der Waals surface area (Å²) >= 11 is 1.14. The number of thiazole rings is 1. The van der Waals surface area contributed by atoms with Crippen molar-refractivity contribution in [3.63, 3.8) is 0 Å². The SMILES string of the molecule is CN(c1nc(-c2ccc(F)cc2)c(C#N)s1)c1c2c(nc3c(F)cc(N4CC5(CN(C[C@@H](O)C(F)(F)F)C5)C4)cc13)[C@@H](O)CC2. The van der Waals surface area contributed by atoms with Crippen LogP contribution in [0.4, 0.5) is 38.5 Å². The Morgan fingerprint density at radius 3 is 2.51 bits per heavy atom. The number of fused-ring (bicyclic) bond motifs is 2. The molecule has 4 heterocycles. The third-order valence-corrected chi connectivity index (χ3v) is 9.95. The standard InChI is InChI=1S/C31H27F5N6O2S/c1-40(29-39-25(23(10-37)45-29)16-2-4-17(32)5-3-16)28-19-6-7-22(43)27(19)38-26-20(28)8-18(9-21(26)33)42-14-30(15-42)12-41(13-30)11-24(44)31(34,35)36/h2-5,8-9,22,24,43-44H,6-7,11-15H2,1H3/t22-,24+/m0/s1. The van der Waals surface area contributed by atoms with Gasteiger partial charge in [-0.25, -0.2) is 18.7 Å². The highest BCUT2D eigenvalue weighted by molar-refractivity contribution is 7.16. The van der Waals surface area contributed by atoms with Crippen LogP contribution in [0.2, 0.25) is 0 Å². The molecule has 7 rings (SSSR count). The fraction of sp³-hybridized carbons (Fsp3) is 0.387. The van der Waals surface area contributed by atoms with E-state index in [1.54, 1.807) is 29.0 Å². The van der Waals surface area contributed by atoms with E-state index in [1.165, 1.54) is 18.2 Å². The highest BCUT2D eigenvalue weighted by atomic mass is 32.1. The molecule has 14 heteroatoms. The van der Waals surface area contributed by atoms with Gasteiger partial charge in [-0.3, -0.25) is 4.90 Å². The van der Waals surface area contributed by atoms with Crippen LogP contribution in [0.25, 0.3) is 22.2 Å². The van der Waals surface area contributed by atoms with E-state index < -0.39 is 36.6 Å². The Bertz CT molecular complexity index is 1840. The number of nitrogens with zero attached hydrogens (tertiary/aromatic N) is 6. The van der Waals surface area contributed by atoms with E-state index in [1.807, 2.05) is 11.0 Å². The van der Waals surface area contributed by atoms with Crippen molar-refractivity contribution in [3.05, 3.63) is 64.2 Å². The zero-order valence-electron chi connectivity index (χ0n) is 23.9. The van der Waals surface area contributed by atoms with E-state index in [4.69, 9.17) is 4.98 Å². The number of hydrogen-bond donors (Lipinski definition) is 2. The normalized spacial score (nSPS) is 19.7. The number of halogens is 5. The largest absolute Gasteiger partial charge is 0.415 e. The van der Waals surface area contributed by atoms with Gasteiger partial charge in [0.05, 0.1) is 17.5 Å². The van der Waals surface area contributed by atoms with Gasteiger partial charge in [0, 0.05) is 67.4 Å². The summed E-state index contributed by atoms with van der Waals surface area (Å²) in [7, 11) is 1.76. The Hall–Kier alpha value is -3.90. The van der Waals surface area contributed by atoms with Crippen molar-refractivity contribution < 1.29 is 32.2 Å². The van der Waals surface area contributed by atoms with E-state index in [9.17, 15) is 33.0 Å². The lowest BCUT2D eigenvalue weighted by atomic mass is 9.72. The first-order chi connectivity index (χ1) is 21.4. The first kappa shape index (κ1) is 29.8. The van der Waals surface area contributed by atoms with Crippen LogP contribution in [-0.2, 0) is 6.42 Å². The Morgan fingerprint density at radius 2 is 1.84 bits per heavy atom. The van der Waals surface area contributed by atoms with E-state index in [2.05, 4.69) is 11.1 Å². The summed E-state index contributed by atoms with van der Waals surface area (Å²) < 4.78 is 67.6. The molecule has 3 aliphatic rings. The molecular formula is C31H27F5N6O2S. The van der Waals surface area contributed by atoms with Crippen LogP contribution in [0.5, 0.6) is 0 Å². The Morgan fingerprint density at radius 1 is 1.13 bits per heavy atom. The lowest BCUT2D eigenvalue weighted by molar-refractivity contribution is -0.215. The van der Waals surface area contributed by atoms with Crippen LogP contribution in [0.15, 0.2) is 36.4 Å². The van der Waals surface area contributed by atoms with Crippen LogP contribution in [0, 0.1) is 28.4 Å². The number of aliphatic hydroxyl groups excluding tert-OH is 2. The number of aromatic nitrogens is 2. The van der Waals surface area contributed by atoms with Gasteiger partial charge in [0.15, 0.2) is 17.1 Å². The van der Waals surface area contributed by atoms with Crippen molar-refractivity contribution in [2.24, 2.45) is 5.41 Å². The van der Waals surface area contributed by atoms with E-state index >= 15 is 4.39 Å². The summed E-state index contributed by atoms with van der Waals surface area (Å²) in [5, 5.41) is 30.9. The van der Waals surface area contributed by atoms with Crippen LogP contribution in [0.1, 0.15) is 28.7 Å². The molecule has 8 nitrogen and oxygen atoms in total. The Balaban J connectivity index is 1.22. The predicted octanol–water partition coefficient (Wildman–Crippen LogP) is 5.30. The minimum absolute atomic E-state index is 0.0855. The molecule has 2 atom stereocenters. The highest BCUT2D eigenvalue weighted by Gasteiger charge is 2.53. The van der Waals surface area contributed by atoms with Crippen LogP contribution >= 0.6 is 11.3 Å². The number of likely N-dealkylation sites (tertiary alicyclic amines) is 1. The molecule has 2 aliphatic heterocycles. The van der Waals surface area contributed by atoms with E-state index in [0.717, 1.165) is 16.9 Å². The summed E-state index contributed by atoms with van der Waals surface area (Å²) in [5.41, 5.74) is 3.19. The highest BCUT2D eigenvalue weighted by Crippen LogP contribution is 2.47. The average Bonchev–Trinajstić information content (AvgIpc) is 3.55. The molecule has 2 aromatic heterocycles. The average molecular weight is 643 g/mol. The summed E-state index contributed by atoms with van der Waals surface area (Å²) in [5.74, 6) is -0.990. The second-order valence-corrected chi connectivity index (χ2v) is 13.1. The number of anilines is 3. The second kappa shape index (κ2) is 10.6. The third-order valence-electron chi connectivity index (χ3n) is 8.92. The number of β-amino-alcohol motifs (C(OH)–C–C–N with tert-alkyl or cyclic N) is 1. The van der Waals surface area contributed by atoms with Gasteiger partial charge in [-0.05, 0) is 49.2 Å². The number of rotatable bonds is 6. The number of pyridine rings is 1. The number of alkyl halides is 3. The van der Waals surface area contributed by atoms with Gasteiger partial charge in [-0.2, -0.15) is 18.4 Å². The van der Waals surface area contributed by atoms with Crippen LogP contribution in [-0.4, -0.2) is 77.1 Å². The summed E-state index contributed by atoms with van der Waals surface area (Å²) in [6, 6.07) is 11.1. The molecule has 0 unspecified atom stereocenters. The zero-order chi connectivity index (χ0) is 31.8. The maximum atomic E-state index is 15.8. The summed E-state index contributed by atoms with van der Waals surface area (Å²) in [6.45, 7) is 1.40. The van der Waals surface area contributed by atoms with Gasteiger partial charge in [-0.15, -0.1) is 0 Å². The number of aliphatic hydroxyl groups is 2. The van der Waals surface area contributed by atoms with Gasteiger partial charge in [-0.1, -0.05) is 11.3 Å². The Labute approximate surface area is 258 Å². The van der Waals surface area contributed by atoms with Crippen molar-refractivity contribution >= 4 is 38.7 Å². The molecule has 0 saturated carbocycles. The summed E-state index contributed by atoms with van der Waals surface area (Å²) in [6.07, 6.45) is -6.99. The monoisotopic (exact) mass is 642 g/mol. The molecule has 45 heavy (non-hydrogen) atoms. The molecule has 234 valence electrons. The molecule has 0 bridgehead atoms. The summed E-state index contributed by atoms with van der Waals surface area (Å²) in [4.78, 5) is 14.9. The molecule has 4 aromatic rings. The Kier molecular flexibility index (Phi) is 7.01. The molecule has 0 radical (unpaired) electrons. The smallest absolute Gasteiger partial charge is 0.387 e. The van der Waals surface area contributed by atoms with Crippen LogP contribution < -0.4 is 9.80 Å². The number of nitriles is 1. The number of hydrogen-bond acceptors (Lipinski definition) is 9. The van der Waals surface area contributed by atoms with Crippen molar-refractivity contribution in [2.45, 2.75) is 31.2 Å². The minimum Gasteiger partial charge on any atom is -0.387 e. The van der Waals surface area contributed by atoms with Gasteiger partial charge >= 0.3 is 6.18 Å². The van der Waals surface area contributed by atoms with Gasteiger partial charge in [0.2, 0.25) is 0 Å². The minimum atomic E-state index is -4.66. The molecule has 2 N–H and O–H groups in total. The molecule has 1 aliphatic carbocycles. The topological polar surface area (TPSA) is 99.8 Å². The van der Waals surface area contributed by atoms with E-state index in [-0.39, 0.29) is 10.9 Å². The van der Waals surface area contributed by atoms with Crippen LogP contribution in [0.3, 0.4) is 0 Å². The third kappa shape index (κ3) is 5.07. The molecule has 2 aromatic carbocycles. The van der Waals surface area contributed by atoms with Gasteiger partial charge in [0.1, 0.15) is 28.0 Å². The number of benzene rings is 2. The fourth-order valence-electron chi connectivity index (χ4n) is 6.81. The lowest BCUT2D eigenvalue weighted by Gasteiger charge is -2.61. The fourth-order valence-corrected chi connectivity index (χ4v) is 7.66. The van der Waals surface area contributed by atoms with Crippen molar-refractivity contribution in [1.29, 1.82) is 5.26 Å². The van der Waals surface area contributed by atoms with Gasteiger partial charge < -0.3 is 20.0 Å². The zero-order valence-corrected chi connectivity index (χ0v) is 24.8. The first-order valence-corrected chi connectivity index (χ1v) is 15.1. The maximum absolute atomic E-state index is 15.8. The molecule has 1 spiro atoms. The first-order valence-electron chi connectivity index (χ1n) is 14.3. The predicted molar refractivity (Wildman–Crippen MR) is 158 cm³/mol. The maximum Gasteiger partial charge on any atom is 0.415 e. The van der Waals surface area contributed by atoms with Crippen molar-refractivity contribution in [2.75, 3.05) is 49.6 Å². The molecule has 0 amide bonds. The van der Waals surface area contributed by atoms with E-state index in [0.29, 0.717) is 82.7 Å².